The third-order valence-corrected chi connectivity index (χ3v) is 4.85. The first-order valence-corrected chi connectivity index (χ1v) is 8.80. The molecule has 1 fully saturated rings. The number of nitrogens with zero attached hydrogens (tertiary/aromatic N) is 3. The summed E-state index contributed by atoms with van der Waals surface area (Å²) in [7, 11) is 0. The van der Waals surface area contributed by atoms with E-state index in [0.29, 0.717) is 12.3 Å². The number of aromatic nitrogens is 2. The van der Waals surface area contributed by atoms with E-state index in [0.717, 1.165) is 49.4 Å². The van der Waals surface area contributed by atoms with Crippen molar-refractivity contribution in [3.8, 4) is 0 Å². The van der Waals surface area contributed by atoms with Crippen molar-refractivity contribution in [1.29, 1.82) is 0 Å². The Hall–Kier alpha value is -1.69. The van der Waals surface area contributed by atoms with E-state index in [-0.39, 0.29) is 11.9 Å². The molecular weight excluding hydrogens is 298 g/mol. The average molecular weight is 319 g/mol. The summed E-state index contributed by atoms with van der Waals surface area (Å²) in [6, 6.07) is 3.93. The van der Waals surface area contributed by atoms with Crippen LogP contribution in [-0.4, -0.2) is 27.5 Å². The Morgan fingerprint density at radius 3 is 3.18 bits per heavy atom. The molecule has 1 atom stereocenters. The molecule has 22 heavy (non-hydrogen) atoms. The second-order valence-electron chi connectivity index (χ2n) is 5.65. The smallest absolute Gasteiger partial charge is 0.249 e. The largest absolute Gasteiger partial charge is 0.337 e. The molecule has 0 bridgehead atoms. The van der Waals surface area contributed by atoms with Gasteiger partial charge in [-0.25, -0.2) is 0 Å². The van der Waals surface area contributed by atoms with Crippen LogP contribution in [-0.2, 0) is 17.6 Å². The molecule has 0 saturated carbocycles. The van der Waals surface area contributed by atoms with E-state index in [1.165, 1.54) is 0 Å². The lowest BCUT2D eigenvalue weighted by molar-refractivity contribution is -0.134. The quantitative estimate of drug-likeness (QED) is 0.847. The first-order valence-electron chi connectivity index (χ1n) is 7.92. The van der Waals surface area contributed by atoms with Crippen LogP contribution in [0.4, 0.5) is 0 Å². The number of carbonyl (C=O) groups is 1. The normalized spacial score (nSPS) is 18.6. The summed E-state index contributed by atoms with van der Waals surface area (Å²) in [5, 5.41) is 6.03. The molecule has 2 aromatic rings. The van der Waals surface area contributed by atoms with Crippen molar-refractivity contribution in [2.75, 3.05) is 6.54 Å². The fraction of sp³-hybridized carbons (Fsp3) is 0.562. The fourth-order valence-corrected chi connectivity index (χ4v) is 3.57. The number of aryl methyl sites for hydroxylation is 1. The molecule has 118 valence electrons. The maximum Gasteiger partial charge on any atom is 0.249 e. The summed E-state index contributed by atoms with van der Waals surface area (Å²) in [4.78, 5) is 20.1. The zero-order valence-electron chi connectivity index (χ0n) is 12.8. The molecule has 1 aliphatic rings. The van der Waals surface area contributed by atoms with Crippen LogP contribution < -0.4 is 0 Å². The van der Waals surface area contributed by atoms with Crippen LogP contribution in [0.5, 0.6) is 0 Å². The highest BCUT2D eigenvalue weighted by Crippen LogP contribution is 2.30. The van der Waals surface area contributed by atoms with Crippen LogP contribution in [0, 0.1) is 0 Å². The predicted octanol–water partition coefficient (Wildman–Crippen LogP) is 3.38. The van der Waals surface area contributed by atoms with Gasteiger partial charge in [-0.3, -0.25) is 4.79 Å². The molecule has 5 nitrogen and oxygen atoms in total. The Bertz CT molecular complexity index is 609. The standard InChI is InChI=1S/C16H21N3O2S/c1-2-6-14-17-16(21-18-14)13-8-3-4-9-19(13)15(20)11-12-7-5-10-22-12/h5,7,10,13H,2-4,6,8-9,11H2,1H3/t13-/m0/s1. The van der Waals surface area contributed by atoms with Crippen LogP contribution in [0.2, 0.25) is 0 Å². The number of thiophene rings is 1. The molecule has 3 heterocycles. The molecule has 1 amide bonds. The van der Waals surface area contributed by atoms with E-state index in [2.05, 4.69) is 17.1 Å². The molecule has 0 unspecified atom stereocenters. The summed E-state index contributed by atoms with van der Waals surface area (Å²) in [5.74, 6) is 1.50. The van der Waals surface area contributed by atoms with Crippen molar-refractivity contribution in [1.82, 2.24) is 15.0 Å². The van der Waals surface area contributed by atoms with Gasteiger partial charge in [0, 0.05) is 17.8 Å². The van der Waals surface area contributed by atoms with Gasteiger partial charge in [0.05, 0.1) is 6.42 Å². The number of rotatable bonds is 5. The average Bonchev–Trinajstić information content (AvgIpc) is 3.19. The molecule has 1 saturated heterocycles. The topological polar surface area (TPSA) is 59.2 Å². The van der Waals surface area contributed by atoms with E-state index in [1.807, 2.05) is 22.4 Å². The number of amides is 1. The summed E-state index contributed by atoms with van der Waals surface area (Å²) < 4.78 is 5.42. The lowest BCUT2D eigenvalue weighted by Crippen LogP contribution is -2.39. The highest BCUT2D eigenvalue weighted by molar-refractivity contribution is 7.10. The molecule has 6 heteroatoms. The predicted molar refractivity (Wildman–Crippen MR) is 84.6 cm³/mol. The molecule has 0 aliphatic carbocycles. The Morgan fingerprint density at radius 1 is 1.50 bits per heavy atom. The van der Waals surface area contributed by atoms with Gasteiger partial charge in [0.2, 0.25) is 11.8 Å². The number of likely N-dealkylation sites (tertiary alicyclic amines) is 1. The summed E-state index contributed by atoms with van der Waals surface area (Å²) in [5.41, 5.74) is 0. The van der Waals surface area contributed by atoms with E-state index in [4.69, 9.17) is 4.52 Å². The molecule has 0 spiro atoms. The van der Waals surface area contributed by atoms with Crippen LogP contribution in [0.25, 0.3) is 0 Å². The summed E-state index contributed by atoms with van der Waals surface area (Å²) in [6.45, 7) is 2.87. The van der Waals surface area contributed by atoms with Gasteiger partial charge in [0.25, 0.3) is 0 Å². The number of hydrogen-bond donors (Lipinski definition) is 0. The molecule has 0 N–H and O–H groups in total. The van der Waals surface area contributed by atoms with Gasteiger partial charge in [0.15, 0.2) is 5.82 Å². The first-order chi connectivity index (χ1) is 10.8. The zero-order valence-corrected chi connectivity index (χ0v) is 13.6. The number of piperidine rings is 1. The zero-order chi connectivity index (χ0) is 15.4. The Kier molecular flexibility index (Phi) is 4.87. The van der Waals surface area contributed by atoms with Crippen molar-refractivity contribution >= 4 is 17.2 Å². The van der Waals surface area contributed by atoms with Crippen molar-refractivity contribution in [3.63, 3.8) is 0 Å². The summed E-state index contributed by atoms with van der Waals surface area (Å²) >= 11 is 1.62. The maximum atomic E-state index is 12.6. The van der Waals surface area contributed by atoms with Gasteiger partial charge < -0.3 is 9.42 Å². The highest BCUT2D eigenvalue weighted by atomic mass is 32.1. The fourth-order valence-electron chi connectivity index (χ4n) is 2.88. The minimum atomic E-state index is -0.0562. The van der Waals surface area contributed by atoms with Gasteiger partial charge in [-0.2, -0.15) is 4.98 Å². The van der Waals surface area contributed by atoms with Gasteiger partial charge in [-0.05, 0) is 37.1 Å². The van der Waals surface area contributed by atoms with Crippen LogP contribution >= 0.6 is 11.3 Å². The van der Waals surface area contributed by atoms with Crippen molar-refractivity contribution in [3.05, 3.63) is 34.1 Å². The van der Waals surface area contributed by atoms with E-state index in [9.17, 15) is 4.79 Å². The van der Waals surface area contributed by atoms with E-state index < -0.39 is 0 Å². The maximum absolute atomic E-state index is 12.6. The monoisotopic (exact) mass is 319 g/mol. The van der Waals surface area contributed by atoms with Crippen LogP contribution in [0.15, 0.2) is 22.0 Å². The SMILES string of the molecule is CCCc1noc([C@@H]2CCCCN2C(=O)Cc2cccs2)n1. The Balaban J connectivity index is 1.73. The van der Waals surface area contributed by atoms with Crippen molar-refractivity contribution < 1.29 is 9.32 Å². The van der Waals surface area contributed by atoms with Crippen molar-refractivity contribution in [2.45, 2.75) is 51.5 Å². The van der Waals surface area contributed by atoms with E-state index >= 15 is 0 Å². The second kappa shape index (κ2) is 7.05. The van der Waals surface area contributed by atoms with Gasteiger partial charge in [0.1, 0.15) is 6.04 Å². The Morgan fingerprint density at radius 2 is 2.41 bits per heavy atom. The van der Waals surface area contributed by atoms with E-state index in [1.54, 1.807) is 11.3 Å². The van der Waals surface area contributed by atoms with Gasteiger partial charge in [-0.15, -0.1) is 11.3 Å². The van der Waals surface area contributed by atoms with Crippen LogP contribution in [0.1, 0.15) is 55.2 Å². The Labute approximate surface area is 134 Å². The third-order valence-electron chi connectivity index (χ3n) is 3.97. The molecular formula is C16H21N3O2S. The lowest BCUT2D eigenvalue weighted by atomic mass is 10.0. The number of hydrogen-bond acceptors (Lipinski definition) is 5. The molecule has 0 aromatic carbocycles. The summed E-state index contributed by atoms with van der Waals surface area (Å²) in [6.07, 6.45) is 5.32. The molecule has 0 radical (unpaired) electrons. The molecule has 2 aromatic heterocycles. The van der Waals surface area contributed by atoms with Crippen molar-refractivity contribution in [2.24, 2.45) is 0 Å². The lowest BCUT2D eigenvalue weighted by Gasteiger charge is -2.33. The van der Waals surface area contributed by atoms with Gasteiger partial charge in [-0.1, -0.05) is 18.1 Å². The first kappa shape index (κ1) is 15.2. The third kappa shape index (κ3) is 3.38. The minimum Gasteiger partial charge on any atom is -0.337 e. The molecule has 1 aliphatic heterocycles. The minimum absolute atomic E-state index is 0.0562. The second-order valence-corrected chi connectivity index (χ2v) is 6.69. The highest BCUT2D eigenvalue weighted by Gasteiger charge is 2.32. The number of carbonyl (C=O) groups excluding carboxylic acids is 1. The van der Waals surface area contributed by atoms with Gasteiger partial charge >= 0.3 is 0 Å². The molecule has 3 rings (SSSR count). The van der Waals surface area contributed by atoms with Crippen LogP contribution in [0.3, 0.4) is 0 Å².